The van der Waals surface area contributed by atoms with Gasteiger partial charge in [-0.1, -0.05) is 19.9 Å². The van der Waals surface area contributed by atoms with Gasteiger partial charge in [0.15, 0.2) is 0 Å². The summed E-state index contributed by atoms with van der Waals surface area (Å²) in [5, 5.41) is 5.23. The van der Waals surface area contributed by atoms with E-state index >= 15 is 0 Å². The maximum Gasteiger partial charge on any atom is 0.312 e. The van der Waals surface area contributed by atoms with Crippen molar-refractivity contribution < 1.29 is 9.59 Å². The van der Waals surface area contributed by atoms with Crippen molar-refractivity contribution in [2.75, 3.05) is 11.6 Å². The van der Waals surface area contributed by atoms with E-state index in [0.717, 1.165) is 4.90 Å². The van der Waals surface area contributed by atoms with Gasteiger partial charge in [0, 0.05) is 10.6 Å². The van der Waals surface area contributed by atoms with Gasteiger partial charge in [-0.2, -0.15) is 0 Å². The number of anilines is 1. The normalized spacial score (nSPS) is 12.0. The summed E-state index contributed by atoms with van der Waals surface area (Å²) < 4.78 is 0. The Labute approximate surface area is 117 Å². The molecule has 3 amide bonds. The van der Waals surface area contributed by atoms with Gasteiger partial charge in [0.2, 0.25) is 5.91 Å². The van der Waals surface area contributed by atoms with Gasteiger partial charge in [-0.15, -0.1) is 11.8 Å². The number of amides is 3. The number of urea groups is 1. The van der Waals surface area contributed by atoms with Crippen molar-refractivity contribution in [2.24, 2.45) is 11.7 Å². The Bertz CT molecular complexity index is 463. The van der Waals surface area contributed by atoms with Crippen LogP contribution in [0.25, 0.3) is 0 Å². The van der Waals surface area contributed by atoms with Crippen molar-refractivity contribution in [1.82, 2.24) is 5.32 Å². The van der Waals surface area contributed by atoms with Crippen LogP contribution in [-0.4, -0.2) is 24.2 Å². The van der Waals surface area contributed by atoms with Crippen molar-refractivity contribution in [3.8, 4) is 0 Å². The number of hydrogen-bond donors (Lipinski definition) is 3. The third-order valence-corrected chi connectivity index (χ3v) is 3.31. The Morgan fingerprint density at radius 1 is 1.32 bits per heavy atom. The number of hydrogen-bond acceptors (Lipinski definition) is 3. The molecule has 0 aliphatic heterocycles. The Morgan fingerprint density at radius 3 is 2.53 bits per heavy atom. The zero-order chi connectivity index (χ0) is 14.4. The largest absolute Gasteiger partial charge is 0.352 e. The van der Waals surface area contributed by atoms with E-state index in [-0.39, 0.29) is 11.8 Å². The molecule has 1 aromatic rings. The molecule has 0 saturated heterocycles. The SMILES string of the molecule is CSc1cccc(NC(=O)[C@H](NC(N)=O)C(C)C)c1. The summed E-state index contributed by atoms with van der Waals surface area (Å²) in [4.78, 5) is 24.1. The molecule has 0 radical (unpaired) electrons. The molecule has 19 heavy (non-hydrogen) atoms. The van der Waals surface area contributed by atoms with Crippen LogP contribution >= 0.6 is 11.8 Å². The van der Waals surface area contributed by atoms with Crippen molar-refractivity contribution in [3.63, 3.8) is 0 Å². The van der Waals surface area contributed by atoms with Crippen LogP contribution in [0, 0.1) is 5.92 Å². The maximum absolute atomic E-state index is 12.1. The van der Waals surface area contributed by atoms with Gasteiger partial charge in [0.05, 0.1) is 0 Å². The van der Waals surface area contributed by atoms with E-state index in [1.54, 1.807) is 17.8 Å². The highest BCUT2D eigenvalue weighted by molar-refractivity contribution is 7.98. The van der Waals surface area contributed by atoms with E-state index in [2.05, 4.69) is 10.6 Å². The van der Waals surface area contributed by atoms with Crippen LogP contribution in [0.1, 0.15) is 13.8 Å². The Balaban J connectivity index is 2.77. The molecule has 0 aliphatic rings. The average Bonchev–Trinajstić information content (AvgIpc) is 2.35. The molecule has 0 aliphatic carbocycles. The van der Waals surface area contributed by atoms with Crippen molar-refractivity contribution in [2.45, 2.75) is 24.8 Å². The second-order valence-corrected chi connectivity index (χ2v) is 5.33. The summed E-state index contributed by atoms with van der Waals surface area (Å²) in [6, 6.07) is 6.17. The molecule has 0 saturated carbocycles. The van der Waals surface area contributed by atoms with Crippen LogP contribution in [0.5, 0.6) is 0 Å². The number of nitrogens with two attached hydrogens (primary N) is 1. The first-order valence-electron chi connectivity index (χ1n) is 5.95. The molecule has 1 atom stereocenters. The fourth-order valence-electron chi connectivity index (χ4n) is 1.61. The smallest absolute Gasteiger partial charge is 0.312 e. The van der Waals surface area contributed by atoms with Crippen LogP contribution in [0.4, 0.5) is 10.5 Å². The lowest BCUT2D eigenvalue weighted by atomic mass is 10.0. The van der Waals surface area contributed by atoms with Gasteiger partial charge in [-0.25, -0.2) is 4.79 Å². The second-order valence-electron chi connectivity index (χ2n) is 4.45. The number of thioether (sulfide) groups is 1. The molecule has 5 nitrogen and oxygen atoms in total. The quantitative estimate of drug-likeness (QED) is 0.722. The Hall–Kier alpha value is -1.69. The highest BCUT2D eigenvalue weighted by Crippen LogP contribution is 2.19. The summed E-state index contributed by atoms with van der Waals surface area (Å²) in [7, 11) is 0. The first kappa shape index (κ1) is 15.4. The first-order chi connectivity index (χ1) is 8.93. The summed E-state index contributed by atoms with van der Waals surface area (Å²) in [5.74, 6) is -0.316. The predicted molar refractivity (Wildman–Crippen MR) is 78.2 cm³/mol. The fourth-order valence-corrected chi connectivity index (χ4v) is 2.07. The van der Waals surface area contributed by atoms with Crippen LogP contribution < -0.4 is 16.4 Å². The minimum atomic E-state index is -0.702. The number of rotatable bonds is 5. The van der Waals surface area contributed by atoms with Gasteiger partial charge in [-0.05, 0) is 30.4 Å². The van der Waals surface area contributed by atoms with Crippen molar-refractivity contribution in [1.29, 1.82) is 0 Å². The lowest BCUT2D eigenvalue weighted by Gasteiger charge is -2.20. The highest BCUT2D eigenvalue weighted by Gasteiger charge is 2.23. The molecule has 0 bridgehead atoms. The molecule has 0 aromatic heterocycles. The number of benzene rings is 1. The molecular weight excluding hydrogens is 262 g/mol. The van der Waals surface area contributed by atoms with Crippen LogP contribution in [0.3, 0.4) is 0 Å². The standard InChI is InChI=1S/C13H19N3O2S/c1-8(2)11(16-13(14)18)12(17)15-9-5-4-6-10(7-9)19-3/h4-8,11H,1-3H3,(H,15,17)(H3,14,16,18)/t11-/m1/s1. The second kappa shape index (κ2) is 7.04. The molecule has 0 unspecified atom stereocenters. The van der Waals surface area contributed by atoms with Crippen LogP contribution in [0.15, 0.2) is 29.2 Å². The topological polar surface area (TPSA) is 84.2 Å². The predicted octanol–water partition coefficient (Wildman–Crippen LogP) is 2.04. The summed E-state index contributed by atoms with van der Waals surface area (Å²) >= 11 is 1.59. The lowest BCUT2D eigenvalue weighted by Crippen LogP contribution is -2.49. The molecule has 6 heteroatoms. The monoisotopic (exact) mass is 281 g/mol. The van der Waals surface area contributed by atoms with Gasteiger partial charge >= 0.3 is 6.03 Å². The van der Waals surface area contributed by atoms with Crippen LogP contribution in [-0.2, 0) is 4.79 Å². The van der Waals surface area contributed by atoms with Gasteiger partial charge in [-0.3, -0.25) is 4.79 Å². The third-order valence-electron chi connectivity index (χ3n) is 2.58. The molecule has 1 rings (SSSR count). The van der Waals surface area contributed by atoms with Gasteiger partial charge in [0.25, 0.3) is 0 Å². The van der Waals surface area contributed by atoms with E-state index in [1.165, 1.54) is 0 Å². The fraction of sp³-hybridized carbons (Fsp3) is 0.385. The van der Waals surface area contributed by atoms with E-state index < -0.39 is 12.1 Å². The Morgan fingerprint density at radius 2 is 2.00 bits per heavy atom. The first-order valence-corrected chi connectivity index (χ1v) is 7.17. The lowest BCUT2D eigenvalue weighted by molar-refractivity contribution is -0.118. The van der Waals surface area contributed by atoms with E-state index in [9.17, 15) is 9.59 Å². The highest BCUT2D eigenvalue weighted by atomic mass is 32.2. The molecular formula is C13H19N3O2S. The Kier molecular flexibility index (Phi) is 5.69. The molecule has 0 heterocycles. The number of nitrogens with one attached hydrogen (secondary N) is 2. The number of carbonyl (C=O) groups excluding carboxylic acids is 2. The molecule has 0 fully saturated rings. The summed E-state index contributed by atoms with van der Waals surface area (Å²) in [6.07, 6.45) is 1.96. The molecule has 4 N–H and O–H groups in total. The molecule has 1 aromatic carbocycles. The van der Waals surface area contributed by atoms with Crippen LogP contribution in [0.2, 0.25) is 0 Å². The van der Waals surface area contributed by atoms with Crippen molar-refractivity contribution >= 4 is 29.4 Å². The van der Waals surface area contributed by atoms with E-state index in [4.69, 9.17) is 5.73 Å². The molecule has 0 spiro atoms. The zero-order valence-corrected chi connectivity index (χ0v) is 12.1. The average molecular weight is 281 g/mol. The van der Waals surface area contributed by atoms with E-state index in [1.807, 2.05) is 38.3 Å². The van der Waals surface area contributed by atoms with E-state index in [0.29, 0.717) is 5.69 Å². The van der Waals surface area contributed by atoms with Crippen molar-refractivity contribution in [3.05, 3.63) is 24.3 Å². The number of primary amides is 1. The number of carbonyl (C=O) groups is 2. The third kappa shape index (κ3) is 4.82. The maximum atomic E-state index is 12.1. The molecule has 104 valence electrons. The zero-order valence-electron chi connectivity index (χ0n) is 11.3. The minimum Gasteiger partial charge on any atom is -0.352 e. The minimum absolute atomic E-state index is 0.0452. The van der Waals surface area contributed by atoms with Gasteiger partial charge in [0.1, 0.15) is 6.04 Å². The summed E-state index contributed by atoms with van der Waals surface area (Å²) in [5.41, 5.74) is 5.78. The summed E-state index contributed by atoms with van der Waals surface area (Å²) in [6.45, 7) is 3.69. The van der Waals surface area contributed by atoms with Gasteiger partial charge < -0.3 is 16.4 Å².